The Morgan fingerprint density at radius 3 is 2.65 bits per heavy atom. The summed E-state index contributed by atoms with van der Waals surface area (Å²) in [5.41, 5.74) is 14.1. The van der Waals surface area contributed by atoms with Crippen molar-refractivity contribution < 1.29 is 9.59 Å². The number of anilines is 1. The van der Waals surface area contributed by atoms with Crippen molar-refractivity contribution in [3.05, 3.63) is 63.5 Å². The zero-order valence-electron chi connectivity index (χ0n) is 14.4. The molecule has 2 aromatic rings. The first-order valence-electron chi connectivity index (χ1n) is 8.33. The third-order valence-electron chi connectivity index (χ3n) is 4.27. The summed E-state index contributed by atoms with van der Waals surface area (Å²) in [6.07, 6.45) is 2.91. The molecule has 4 N–H and O–H groups in total. The van der Waals surface area contributed by atoms with Crippen LogP contribution < -0.4 is 11.5 Å². The molecule has 0 radical (unpaired) electrons. The Morgan fingerprint density at radius 2 is 1.96 bits per heavy atom. The number of aryl methyl sites for hydroxylation is 1. The summed E-state index contributed by atoms with van der Waals surface area (Å²) in [4.78, 5) is 27.3. The van der Waals surface area contributed by atoms with E-state index in [4.69, 9.17) is 11.5 Å². The molecule has 7 heteroatoms. The van der Waals surface area contributed by atoms with Crippen LogP contribution >= 0.6 is 23.1 Å². The molecule has 1 aliphatic rings. The Hall–Kier alpha value is -2.25. The molecular weight excluding hydrogens is 366 g/mol. The summed E-state index contributed by atoms with van der Waals surface area (Å²) in [7, 11) is 0. The number of carbonyl (C=O) groups excluding carboxylic acids is 2. The Morgan fingerprint density at radius 1 is 1.23 bits per heavy atom. The molecule has 1 aromatic carbocycles. The molecule has 1 aromatic heterocycles. The standard InChI is InChI=1S/C19H21N3O2S2/c1-12(25-11-16(20)23)22(10-13-6-3-2-4-7-13)19(24)17-14-8-5-9-15(14)26-18(17)21/h2-4,6-7H,1,5,8-11,21H2,(H2,20,23). The quantitative estimate of drug-likeness (QED) is 0.764. The number of primary amides is 1. The average molecular weight is 388 g/mol. The third-order valence-corrected chi connectivity index (χ3v) is 6.38. The lowest BCUT2D eigenvalue weighted by Gasteiger charge is -2.25. The van der Waals surface area contributed by atoms with Gasteiger partial charge in [-0.05, 0) is 30.4 Å². The number of fused-ring (bicyclic) bond motifs is 1. The van der Waals surface area contributed by atoms with Gasteiger partial charge in [0.05, 0.1) is 27.9 Å². The highest BCUT2D eigenvalue weighted by atomic mass is 32.2. The first-order valence-corrected chi connectivity index (χ1v) is 10.1. The van der Waals surface area contributed by atoms with Crippen molar-refractivity contribution in [3.63, 3.8) is 0 Å². The van der Waals surface area contributed by atoms with E-state index < -0.39 is 5.91 Å². The van der Waals surface area contributed by atoms with Crippen molar-refractivity contribution in [2.75, 3.05) is 11.5 Å². The largest absolute Gasteiger partial charge is 0.390 e. The van der Waals surface area contributed by atoms with E-state index in [2.05, 4.69) is 6.58 Å². The van der Waals surface area contributed by atoms with Gasteiger partial charge >= 0.3 is 0 Å². The molecule has 5 nitrogen and oxygen atoms in total. The summed E-state index contributed by atoms with van der Waals surface area (Å²) in [6.45, 7) is 4.37. The van der Waals surface area contributed by atoms with Gasteiger partial charge in [-0.1, -0.05) is 48.7 Å². The summed E-state index contributed by atoms with van der Waals surface area (Å²) in [5, 5.41) is 1.06. The number of benzene rings is 1. The van der Waals surface area contributed by atoms with Crippen LogP contribution in [0.5, 0.6) is 0 Å². The van der Waals surface area contributed by atoms with E-state index in [0.29, 0.717) is 22.1 Å². The summed E-state index contributed by atoms with van der Waals surface area (Å²) in [6, 6.07) is 9.68. The second-order valence-electron chi connectivity index (χ2n) is 6.12. The van der Waals surface area contributed by atoms with E-state index >= 15 is 0 Å². The first kappa shape index (κ1) is 18.5. The zero-order chi connectivity index (χ0) is 18.7. The van der Waals surface area contributed by atoms with E-state index in [9.17, 15) is 9.59 Å². The van der Waals surface area contributed by atoms with Crippen molar-refractivity contribution in [1.82, 2.24) is 4.90 Å². The number of rotatable bonds is 7. The molecule has 0 unspecified atom stereocenters. The van der Waals surface area contributed by atoms with E-state index in [-0.39, 0.29) is 11.7 Å². The topological polar surface area (TPSA) is 89.4 Å². The van der Waals surface area contributed by atoms with Gasteiger partial charge in [0.1, 0.15) is 0 Å². The average Bonchev–Trinajstić information content (AvgIpc) is 3.17. The third kappa shape index (κ3) is 3.94. The van der Waals surface area contributed by atoms with Crippen molar-refractivity contribution in [3.8, 4) is 0 Å². The number of thioether (sulfide) groups is 1. The number of thiophene rings is 1. The Balaban J connectivity index is 1.90. The van der Waals surface area contributed by atoms with Gasteiger partial charge in [0, 0.05) is 4.88 Å². The molecule has 26 heavy (non-hydrogen) atoms. The highest BCUT2D eigenvalue weighted by Gasteiger charge is 2.29. The minimum Gasteiger partial charge on any atom is -0.390 e. The zero-order valence-corrected chi connectivity index (χ0v) is 16.0. The maximum absolute atomic E-state index is 13.3. The van der Waals surface area contributed by atoms with Crippen LogP contribution in [0.3, 0.4) is 0 Å². The smallest absolute Gasteiger partial charge is 0.262 e. The summed E-state index contributed by atoms with van der Waals surface area (Å²) in [5.74, 6) is -0.527. The minimum atomic E-state index is -0.445. The predicted molar refractivity (Wildman–Crippen MR) is 108 cm³/mol. The Labute approximate surface area is 161 Å². The fraction of sp³-hybridized carbons (Fsp3) is 0.263. The molecule has 2 amide bonds. The van der Waals surface area contributed by atoms with Crippen molar-refractivity contribution in [2.45, 2.75) is 25.8 Å². The van der Waals surface area contributed by atoms with Crippen LogP contribution in [0.25, 0.3) is 0 Å². The fourth-order valence-electron chi connectivity index (χ4n) is 3.07. The highest BCUT2D eigenvalue weighted by molar-refractivity contribution is 8.03. The van der Waals surface area contributed by atoms with Gasteiger partial charge in [0.25, 0.3) is 5.91 Å². The molecule has 0 saturated heterocycles. The molecule has 136 valence electrons. The van der Waals surface area contributed by atoms with Gasteiger partial charge in [-0.3, -0.25) is 14.5 Å². The van der Waals surface area contributed by atoms with Crippen molar-refractivity contribution in [2.24, 2.45) is 5.73 Å². The lowest BCUT2D eigenvalue weighted by atomic mass is 10.1. The number of nitrogens with two attached hydrogens (primary N) is 2. The van der Waals surface area contributed by atoms with E-state index in [1.54, 1.807) is 4.90 Å². The van der Waals surface area contributed by atoms with Gasteiger partial charge in [0.2, 0.25) is 5.91 Å². The molecule has 0 spiro atoms. The monoisotopic (exact) mass is 387 g/mol. The Kier molecular flexibility index (Phi) is 5.68. The number of nitrogen functional groups attached to an aromatic ring is 1. The lowest BCUT2D eigenvalue weighted by Crippen LogP contribution is -2.30. The van der Waals surface area contributed by atoms with Crippen LogP contribution in [0.4, 0.5) is 5.00 Å². The number of nitrogens with zero attached hydrogens (tertiary/aromatic N) is 1. The van der Waals surface area contributed by atoms with Gasteiger partial charge in [-0.25, -0.2) is 0 Å². The maximum atomic E-state index is 13.3. The Bertz CT molecular complexity index is 846. The van der Waals surface area contributed by atoms with Crippen LogP contribution in [0.1, 0.15) is 32.8 Å². The lowest BCUT2D eigenvalue weighted by molar-refractivity contribution is -0.115. The van der Waals surface area contributed by atoms with Gasteiger partial charge in [-0.15, -0.1) is 11.3 Å². The normalized spacial score (nSPS) is 12.6. The first-order chi connectivity index (χ1) is 12.5. The second kappa shape index (κ2) is 7.97. The number of carbonyl (C=O) groups is 2. The molecular formula is C19H21N3O2S2. The van der Waals surface area contributed by atoms with Crippen molar-refractivity contribution >= 4 is 39.9 Å². The highest BCUT2D eigenvalue weighted by Crippen LogP contribution is 2.39. The van der Waals surface area contributed by atoms with Gasteiger partial charge in [0.15, 0.2) is 0 Å². The number of amides is 2. The fourth-order valence-corrected chi connectivity index (χ4v) is 4.83. The number of hydrogen-bond acceptors (Lipinski definition) is 5. The molecule has 0 aliphatic heterocycles. The molecule has 0 bridgehead atoms. The SMILES string of the molecule is C=C(SCC(N)=O)N(Cc1ccccc1)C(=O)c1c(N)sc2c1CCC2. The summed E-state index contributed by atoms with van der Waals surface area (Å²) >= 11 is 2.68. The van der Waals surface area contributed by atoms with Crippen LogP contribution in [-0.4, -0.2) is 22.5 Å². The minimum absolute atomic E-state index is 0.0780. The number of hydrogen-bond donors (Lipinski definition) is 2. The second-order valence-corrected chi connectivity index (χ2v) is 8.31. The van der Waals surface area contributed by atoms with Gasteiger partial charge < -0.3 is 11.5 Å². The van der Waals surface area contributed by atoms with Crippen molar-refractivity contribution in [1.29, 1.82) is 0 Å². The molecule has 1 aliphatic carbocycles. The van der Waals surface area contributed by atoms with Crippen LogP contribution in [-0.2, 0) is 24.2 Å². The predicted octanol–water partition coefficient (Wildman–Crippen LogP) is 3.15. The van der Waals surface area contributed by atoms with Crippen LogP contribution in [0.2, 0.25) is 0 Å². The maximum Gasteiger partial charge on any atom is 0.262 e. The van der Waals surface area contributed by atoms with E-state index in [0.717, 1.165) is 30.4 Å². The van der Waals surface area contributed by atoms with Crippen LogP contribution in [0.15, 0.2) is 41.9 Å². The molecule has 3 rings (SSSR count). The molecule has 0 fully saturated rings. The van der Waals surface area contributed by atoms with Gasteiger partial charge in [-0.2, -0.15) is 0 Å². The molecule has 0 saturated carbocycles. The van der Waals surface area contributed by atoms with E-state index in [1.165, 1.54) is 28.0 Å². The van der Waals surface area contributed by atoms with E-state index in [1.807, 2.05) is 30.3 Å². The molecule has 0 atom stereocenters. The summed E-state index contributed by atoms with van der Waals surface area (Å²) < 4.78 is 0. The van der Waals surface area contributed by atoms with Crippen LogP contribution in [0, 0.1) is 0 Å². The molecule has 1 heterocycles.